The number of rotatable bonds is 10. The van der Waals surface area contributed by atoms with Gasteiger partial charge in [-0.25, -0.2) is 5.43 Å². The molecule has 190 valence electrons. The van der Waals surface area contributed by atoms with Crippen LogP contribution in [0.5, 0.6) is 17.2 Å². The summed E-state index contributed by atoms with van der Waals surface area (Å²) in [5, 5.41) is 23.5. The summed E-state index contributed by atoms with van der Waals surface area (Å²) in [4.78, 5) is 12.5. The van der Waals surface area contributed by atoms with Crippen molar-refractivity contribution >= 4 is 35.5 Å². The van der Waals surface area contributed by atoms with Crippen LogP contribution in [0.2, 0.25) is 5.02 Å². The molecule has 0 atom stereocenters. The molecule has 0 saturated heterocycles. The van der Waals surface area contributed by atoms with Crippen LogP contribution in [0.3, 0.4) is 0 Å². The van der Waals surface area contributed by atoms with Gasteiger partial charge in [-0.3, -0.25) is 9.36 Å². The Balaban J connectivity index is 1.50. The van der Waals surface area contributed by atoms with E-state index in [1.54, 1.807) is 24.3 Å². The normalized spacial score (nSPS) is 11.0. The largest absolute Gasteiger partial charge is 0.504 e. The van der Waals surface area contributed by atoms with Crippen molar-refractivity contribution in [2.24, 2.45) is 5.10 Å². The number of halogens is 1. The zero-order valence-electron chi connectivity index (χ0n) is 20.1. The SMILES string of the molecule is CCOc1ccc(-n2c(SCC(=O)N/N=C/c3ccc(O)c(OC)c3)nnc2-c2ccc(Cl)cc2)cc1. The number of ether oxygens (including phenoxy) is 2. The second kappa shape index (κ2) is 12.3. The fraction of sp³-hybridized carbons (Fsp3) is 0.154. The molecule has 9 nitrogen and oxygen atoms in total. The van der Waals surface area contributed by atoms with E-state index in [0.717, 1.165) is 17.0 Å². The fourth-order valence-corrected chi connectivity index (χ4v) is 4.23. The van der Waals surface area contributed by atoms with Gasteiger partial charge in [-0.1, -0.05) is 23.4 Å². The number of aromatic nitrogens is 3. The first-order valence-corrected chi connectivity index (χ1v) is 12.6. The van der Waals surface area contributed by atoms with Crippen LogP contribution in [0.25, 0.3) is 17.1 Å². The summed E-state index contributed by atoms with van der Waals surface area (Å²) in [6, 6.07) is 19.6. The third kappa shape index (κ3) is 6.60. The molecule has 4 rings (SSSR count). The highest BCUT2D eigenvalue weighted by atomic mass is 35.5. The first-order valence-electron chi connectivity index (χ1n) is 11.2. The number of benzene rings is 3. The van der Waals surface area contributed by atoms with Crippen LogP contribution in [-0.4, -0.2) is 51.5 Å². The highest BCUT2D eigenvalue weighted by Crippen LogP contribution is 2.30. The van der Waals surface area contributed by atoms with Crippen LogP contribution in [-0.2, 0) is 4.79 Å². The maximum Gasteiger partial charge on any atom is 0.250 e. The summed E-state index contributed by atoms with van der Waals surface area (Å²) in [7, 11) is 1.46. The van der Waals surface area contributed by atoms with E-state index < -0.39 is 0 Å². The maximum absolute atomic E-state index is 12.5. The summed E-state index contributed by atoms with van der Waals surface area (Å²) < 4.78 is 12.5. The van der Waals surface area contributed by atoms with Gasteiger partial charge >= 0.3 is 0 Å². The molecule has 3 aromatic carbocycles. The van der Waals surface area contributed by atoms with E-state index in [4.69, 9.17) is 21.1 Å². The van der Waals surface area contributed by atoms with Crippen molar-refractivity contribution in [1.29, 1.82) is 0 Å². The van der Waals surface area contributed by atoms with Crippen LogP contribution in [0.1, 0.15) is 12.5 Å². The summed E-state index contributed by atoms with van der Waals surface area (Å²) in [5.41, 5.74) is 4.80. The fourth-order valence-electron chi connectivity index (χ4n) is 3.36. The molecule has 1 amide bonds. The first-order chi connectivity index (χ1) is 18.0. The van der Waals surface area contributed by atoms with E-state index in [9.17, 15) is 9.90 Å². The Bertz CT molecular complexity index is 1390. The Kier molecular flexibility index (Phi) is 8.65. The Morgan fingerprint density at radius 2 is 1.89 bits per heavy atom. The number of carbonyl (C=O) groups excluding carboxylic acids is 1. The number of hydrazone groups is 1. The highest BCUT2D eigenvalue weighted by molar-refractivity contribution is 7.99. The van der Waals surface area contributed by atoms with E-state index in [1.807, 2.05) is 47.9 Å². The summed E-state index contributed by atoms with van der Waals surface area (Å²) >= 11 is 7.29. The van der Waals surface area contributed by atoms with Crippen molar-refractivity contribution in [3.63, 3.8) is 0 Å². The van der Waals surface area contributed by atoms with Crippen LogP contribution >= 0.6 is 23.4 Å². The summed E-state index contributed by atoms with van der Waals surface area (Å²) in [6.45, 7) is 2.50. The number of methoxy groups -OCH3 is 1. The number of carbonyl (C=O) groups is 1. The lowest BCUT2D eigenvalue weighted by atomic mass is 10.2. The number of nitrogens with one attached hydrogen (secondary N) is 1. The molecular weight excluding hydrogens is 514 g/mol. The molecule has 0 saturated carbocycles. The molecular formula is C26H24ClN5O4S. The number of thioether (sulfide) groups is 1. The molecule has 0 fully saturated rings. The Morgan fingerprint density at radius 3 is 2.59 bits per heavy atom. The van der Waals surface area contributed by atoms with E-state index >= 15 is 0 Å². The first kappa shape index (κ1) is 26.1. The predicted octanol–water partition coefficient (Wildman–Crippen LogP) is 4.94. The van der Waals surface area contributed by atoms with Gasteiger partial charge in [0.15, 0.2) is 22.5 Å². The molecule has 1 aromatic heterocycles. The van der Waals surface area contributed by atoms with Gasteiger partial charge in [0, 0.05) is 16.3 Å². The number of hydrogen-bond donors (Lipinski definition) is 2. The quantitative estimate of drug-likeness (QED) is 0.167. The van der Waals surface area contributed by atoms with Gasteiger partial charge in [0.25, 0.3) is 5.91 Å². The lowest BCUT2D eigenvalue weighted by Crippen LogP contribution is -2.20. The van der Waals surface area contributed by atoms with Crippen molar-refractivity contribution in [1.82, 2.24) is 20.2 Å². The van der Waals surface area contributed by atoms with Crippen LogP contribution in [0.15, 0.2) is 77.0 Å². The van der Waals surface area contributed by atoms with Crippen molar-refractivity contribution < 1.29 is 19.4 Å². The van der Waals surface area contributed by atoms with Crippen LogP contribution < -0.4 is 14.9 Å². The van der Waals surface area contributed by atoms with Crippen molar-refractivity contribution in [3.8, 4) is 34.3 Å². The number of phenols is 1. The molecule has 0 aliphatic rings. The monoisotopic (exact) mass is 537 g/mol. The molecule has 0 bridgehead atoms. The minimum atomic E-state index is -0.318. The smallest absolute Gasteiger partial charge is 0.250 e. The standard InChI is InChI=1S/C26H24ClN5O4S/c1-3-36-21-11-9-20(10-12-21)32-25(18-5-7-19(27)8-6-18)30-31-26(32)37-16-24(34)29-28-15-17-4-13-22(33)23(14-17)35-2/h4-15,33H,3,16H2,1-2H3,(H,29,34)/b28-15+. The lowest BCUT2D eigenvalue weighted by Gasteiger charge is -2.11. The molecule has 0 spiro atoms. The third-order valence-corrected chi connectivity index (χ3v) is 6.26. The van der Waals surface area contributed by atoms with Crippen molar-refractivity contribution in [2.45, 2.75) is 12.1 Å². The Hall–Kier alpha value is -4.02. The summed E-state index contributed by atoms with van der Waals surface area (Å²) in [6.07, 6.45) is 1.46. The maximum atomic E-state index is 12.5. The number of amides is 1. The van der Waals surface area contributed by atoms with E-state index in [0.29, 0.717) is 33.9 Å². The predicted molar refractivity (Wildman–Crippen MR) is 144 cm³/mol. The summed E-state index contributed by atoms with van der Waals surface area (Å²) in [5.74, 6) is 1.45. The lowest BCUT2D eigenvalue weighted by molar-refractivity contribution is -0.118. The van der Waals surface area contributed by atoms with Crippen LogP contribution in [0, 0.1) is 0 Å². The number of aromatic hydroxyl groups is 1. The Labute approximate surface area is 223 Å². The molecule has 11 heteroatoms. The third-order valence-electron chi connectivity index (χ3n) is 5.08. The zero-order chi connectivity index (χ0) is 26.2. The number of nitrogens with zero attached hydrogens (tertiary/aromatic N) is 4. The van der Waals surface area contributed by atoms with Gasteiger partial charge in [0.1, 0.15) is 5.75 Å². The molecule has 2 N–H and O–H groups in total. The molecule has 1 heterocycles. The van der Waals surface area contributed by atoms with E-state index in [2.05, 4.69) is 20.7 Å². The van der Waals surface area contributed by atoms with Gasteiger partial charge in [-0.2, -0.15) is 5.10 Å². The topological polar surface area (TPSA) is 111 Å². The minimum absolute atomic E-state index is 0.0229. The van der Waals surface area contributed by atoms with Crippen molar-refractivity contribution in [2.75, 3.05) is 19.5 Å². The minimum Gasteiger partial charge on any atom is -0.504 e. The highest BCUT2D eigenvalue weighted by Gasteiger charge is 2.17. The van der Waals surface area contributed by atoms with Gasteiger partial charge in [0.05, 0.1) is 25.7 Å². The second-order valence-electron chi connectivity index (χ2n) is 7.59. The van der Waals surface area contributed by atoms with Gasteiger partial charge in [-0.15, -0.1) is 10.2 Å². The van der Waals surface area contributed by atoms with Gasteiger partial charge in [0.2, 0.25) is 0 Å². The van der Waals surface area contributed by atoms with Gasteiger partial charge < -0.3 is 14.6 Å². The molecule has 0 radical (unpaired) electrons. The second-order valence-corrected chi connectivity index (χ2v) is 8.97. The van der Waals surface area contributed by atoms with Gasteiger partial charge in [-0.05, 0) is 79.2 Å². The van der Waals surface area contributed by atoms with E-state index in [-0.39, 0.29) is 17.4 Å². The molecule has 37 heavy (non-hydrogen) atoms. The Morgan fingerprint density at radius 1 is 1.14 bits per heavy atom. The number of phenolic OH excluding ortho intramolecular Hbond substituents is 1. The molecule has 0 unspecified atom stereocenters. The van der Waals surface area contributed by atoms with Crippen LogP contribution in [0.4, 0.5) is 0 Å². The van der Waals surface area contributed by atoms with E-state index in [1.165, 1.54) is 31.2 Å². The average Bonchev–Trinajstić information content (AvgIpc) is 3.33. The molecule has 0 aliphatic carbocycles. The zero-order valence-corrected chi connectivity index (χ0v) is 21.7. The molecule has 4 aromatic rings. The average molecular weight is 538 g/mol. The van der Waals surface area contributed by atoms with Crippen molar-refractivity contribution in [3.05, 3.63) is 77.3 Å². The number of hydrogen-bond acceptors (Lipinski definition) is 8. The molecule has 0 aliphatic heterocycles.